The molecule has 35 heavy (non-hydrogen) atoms. The second-order valence-corrected chi connectivity index (χ2v) is 9.78. The summed E-state index contributed by atoms with van der Waals surface area (Å²) in [5.74, 6) is -3.05. The van der Waals surface area contributed by atoms with Crippen LogP contribution in [0.3, 0.4) is 0 Å². The number of nitrogens with zero attached hydrogens (tertiary/aromatic N) is 2. The number of alkyl halides is 1. The van der Waals surface area contributed by atoms with E-state index in [9.17, 15) is 23.6 Å². The fourth-order valence-electron chi connectivity index (χ4n) is 4.28. The number of nitrogens with one attached hydrogen (secondary N) is 1. The minimum atomic E-state index is -1.50. The van der Waals surface area contributed by atoms with Gasteiger partial charge in [-0.3, -0.25) is 19.3 Å². The zero-order valence-electron chi connectivity index (χ0n) is 18.6. The Morgan fingerprint density at radius 3 is 2.60 bits per heavy atom. The molecule has 4 rings (SSSR count). The third kappa shape index (κ3) is 5.28. The quantitative estimate of drug-likeness (QED) is 0.585. The van der Waals surface area contributed by atoms with E-state index in [1.807, 2.05) is 30.3 Å². The van der Waals surface area contributed by atoms with Gasteiger partial charge in [0.2, 0.25) is 5.91 Å². The molecule has 0 saturated carbocycles. The molecule has 0 spiro atoms. The van der Waals surface area contributed by atoms with Gasteiger partial charge in [0.1, 0.15) is 18.8 Å². The third-order valence-electron chi connectivity index (χ3n) is 5.95. The van der Waals surface area contributed by atoms with E-state index in [2.05, 4.69) is 5.32 Å². The zero-order chi connectivity index (χ0) is 25.1. The molecule has 2 aromatic carbocycles. The van der Waals surface area contributed by atoms with Gasteiger partial charge in [0.15, 0.2) is 5.78 Å². The molecule has 0 aliphatic carbocycles. The van der Waals surface area contributed by atoms with Crippen LogP contribution in [0.2, 0.25) is 5.02 Å². The topological polar surface area (TPSA) is 107 Å². The Morgan fingerprint density at radius 2 is 1.86 bits per heavy atom. The molecule has 2 unspecified atom stereocenters. The fourth-order valence-corrected chi connectivity index (χ4v) is 5.48. The lowest BCUT2D eigenvalue weighted by atomic mass is 10.0. The largest absolute Gasteiger partial charge is 0.481 e. The fraction of sp³-hybridized carbons (Fsp3) is 0.333. The van der Waals surface area contributed by atoms with Crippen molar-refractivity contribution in [1.82, 2.24) is 10.2 Å². The molecular formula is C24H23ClFN3O5S. The Bertz CT molecular complexity index is 1180. The van der Waals surface area contributed by atoms with Gasteiger partial charge in [0.05, 0.1) is 17.8 Å². The van der Waals surface area contributed by atoms with Gasteiger partial charge in [0, 0.05) is 21.4 Å². The lowest BCUT2D eigenvalue weighted by Crippen LogP contribution is -2.57. The molecule has 2 N–H and O–H groups in total. The summed E-state index contributed by atoms with van der Waals surface area (Å²) in [4.78, 5) is 54.7. The minimum absolute atomic E-state index is 0.291. The first-order valence-corrected chi connectivity index (χ1v) is 12.3. The number of hydrogen-bond donors (Lipinski definition) is 2. The number of carbonyl (C=O) groups excluding carboxylic acids is 3. The van der Waals surface area contributed by atoms with Crippen molar-refractivity contribution in [2.24, 2.45) is 0 Å². The number of halogens is 2. The lowest BCUT2D eigenvalue weighted by Gasteiger charge is -2.40. The highest BCUT2D eigenvalue weighted by molar-refractivity contribution is 7.99. The van der Waals surface area contributed by atoms with E-state index in [1.54, 1.807) is 12.1 Å². The number of para-hydroxylation sites is 1. The summed E-state index contributed by atoms with van der Waals surface area (Å²) in [6.45, 7) is -1.11. The second-order valence-electron chi connectivity index (χ2n) is 8.26. The van der Waals surface area contributed by atoms with Crippen molar-refractivity contribution in [3.63, 3.8) is 0 Å². The lowest BCUT2D eigenvalue weighted by molar-refractivity contribution is -0.140. The van der Waals surface area contributed by atoms with Crippen molar-refractivity contribution in [3.8, 4) is 0 Å². The number of likely N-dealkylation sites (tertiary alicyclic amines) is 1. The van der Waals surface area contributed by atoms with Gasteiger partial charge in [-0.15, -0.1) is 0 Å². The first kappa shape index (κ1) is 25.0. The molecule has 2 atom stereocenters. The van der Waals surface area contributed by atoms with Crippen LogP contribution in [-0.4, -0.2) is 59.0 Å². The van der Waals surface area contributed by atoms with E-state index in [4.69, 9.17) is 16.7 Å². The smallest absolute Gasteiger partial charge is 0.329 e. The first-order chi connectivity index (χ1) is 16.8. The van der Waals surface area contributed by atoms with Crippen LogP contribution in [0.15, 0.2) is 52.3 Å². The van der Waals surface area contributed by atoms with E-state index in [-0.39, 0.29) is 0 Å². The van der Waals surface area contributed by atoms with Gasteiger partial charge < -0.3 is 15.3 Å². The number of carboxylic acid groups (broad SMARTS) is 1. The maximum Gasteiger partial charge on any atom is 0.329 e. The molecule has 0 bridgehead atoms. The standard InChI is InChI=1S/C24H23ClFN3O5S/c25-14-8-9-21-18(11-14)29(16-5-1-2-7-20(16)35-21)24(34)28-10-4-3-6-17(28)23(33)27-15(12-22(31)32)19(30)13-26/h1-2,5,7-9,11,15,17H,3-4,6,10,12-13H2,(H,27,33)(H,31,32). The second kappa shape index (κ2) is 10.7. The van der Waals surface area contributed by atoms with Gasteiger partial charge in [-0.25, -0.2) is 9.18 Å². The first-order valence-electron chi connectivity index (χ1n) is 11.1. The Morgan fingerprint density at radius 1 is 1.11 bits per heavy atom. The van der Waals surface area contributed by atoms with Crippen LogP contribution >= 0.6 is 23.4 Å². The molecule has 3 amide bonds. The molecule has 0 aromatic heterocycles. The number of amides is 3. The van der Waals surface area contributed by atoms with E-state index >= 15 is 0 Å². The third-order valence-corrected chi connectivity index (χ3v) is 7.31. The van der Waals surface area contributed by atoms with Gasteiger partial charge in [-0.1, -0.05) is 35.5 Å². The molecular weight excluding hydrogens is 497 g/mol. The summed E-state index contributed by atoms with van der Waals surface area (Å²) in [7, 11) is 0. The Hall–Kier alpha value is -3.11. The monoisotopic (exact) mass is 519 g/mol. The normalized spacial score (nSPS) is 17.7. The van der Waals surface area contributed by atoms with Crippen molar-refractivity contribution in [2.75, 3.05) is 18.1 Å². The van der Waals surface area contributed by atoms with E-state index in [1.165, 1.54) is 21.6 Å². The number of urea groups is 1. The molecule has 0 radical (unpaired) electrons. The number of fused-ring (bicyclic) bond motifs is 2. The Labute approximate surface area is 210 Å². The zero-order valence-corrected chi connectivity index (χ0v) is 20.2. The molecule has 8 nitrogen and oxygen atoms in total. The summed E-state index contributed by atoms with van der Waals surface area (Å²) in [6, 6.07) is 9.78. The number of aliphatic carboxylic acids is 1. The number of anilines is 2. The Kier molecular flexibility index (Phi) is 7.61. The van der Waals surface area contributed by atoms with Crippen molar-refractivity contribution in [2.45, 2.75) is 47.6 Å². The molecule has 1 saturated heterocycles. The van der Waals surface area contributed by atoms with Crippen LogP contribution in [0.25, 0.3) is 0 Å². The predicted molar refractivity (Wildman–Crippen MR) is 129 cm³/mol. The van der Waals surface area contributed by atoms with E-state index in [0.29, 0.717) is 42.2 Å². The molecule has 2 heterocycles. The van der Waals surface area contributed by atoms with Crippen LogP contribution in [-0.2, 0) is 14.4 Å². The van der Waals surface area contributed by atoms with Crippen LogP contribution in [0.1, 0.15) is 25.7 Å². The van der Waals surface area contributed by atoms with Crippen molar-refractivity contribution in [1.29, 1.82) is 0 Å². The molecule has 1 fully saturated rings. The summed E-state index contributed by atoms with van der Waals surface area (Å²) < 4.78 is 13.0. The number of ketones is 1. The molecule has 2 aliphatic rings. The molecule has 11 heteroatoms. The highest BCUT2D eigenvalue weighted by Crippen LogP contribution is 2.49. The average Bonchev–Trinajstić information content (AvgIpc) is 2.85. The van der Waals surface area contributed by atoms with Gasteiger partial charge >= 0.3 is 12.0 Å². The summed E-state index contributed by atoms with van der Waals surface area (Å²) in [5.41, 5.74) is 1.24. The number of carboxylic acids is 1. The average molecular weight is 520 g/mol. The van der Waals surface area contributed by atoms with Crippen LogP contribution in [0.4, 0.5) is 20.6 Å². The number of rotatable bonds is 6. The maximum atomic E-state index is 14.0. The Balaban J connectivity index is 1.65. The van der Waals surface area contributed by atoms with E-state index < -0.39 is 48.9 Å². The van der Waals surface area contributed by atoms with Crippen molar-refractivity contribution >= 4 is 58.4 Å². The SMILES string of the molecule is O=C(O)CC(NC(=O)C1CCCCN1C(=O)N1c2ccccc2Sc2ccc(Cl)cc21)C(=O)CF. The maximum absolute atomic E-state index is 14.0. The number of Topliss-reactive ketones (excluding diaryl/α,β-unsaturated/α-hetero) is 1. The molecule has 184 valence electrons. The molecule has 2 aromatic rings. The van der Waals surface area contributed by atoms with Gasteiger partial charge in [-0.05, 0) is 49.6 Å². The van der Waals surface area contributed by atoms with Gasteiger partial charge in [-0.2, -0.15) is 0 Å². The summed E-state index contributed by atoms with van der Waals surface area (Å²) in [5, 5.41) is 11.9. The number of piperidine rings is 1. The van der Waals surface area contributed by atoms with Crippen molar-refractivity contribution < 1.29 is 28.7 Å². The van der Waals surface area contributed by atoms with Crippen LogP contribution < -0.4 is 10.2 Å². The van der Waals surface area contributed by atoms with Crippen LogP contribution in [0.5, 0.6) is 0 Å². The minimum Gasteiger partial charge on any atom is -0.481 e. The number of carbonyl (C=O) groups is 4. The van der Waals surface area contributed by atoms with E-state index in [0.717, 1.165) is 9.79 Å². The number of benzene rings is 2. The highest BCUT2D eigenvalue weighted by Gasteiger charge is 2.39. The molecule has 2 aliphatic heterocycles. The highest BCUT2D eigenvalue weighted by atomic mass is 35.5. The predicted octanol–water partition coefficient (Wildman–Crippen LogP) is 4.42. The number of hydrogen-bond acceptors (Lipinski definition) is 5. The van der Waals surface area contributed by atoms with Gasteiger partial charge in [0.25, 0.3) is 0 Å². The summed E-state index contributed by atoms with van der Waals surface area (Å²) in [6.07, 6.45) is 0.924. The van der Waals surface area contributed by atoms with Crippen LogP contribution in [0, 0.1) is 0 Å². The van der Waals surface area contributed by atoms with Crippen molar-refractivity contribution in [3.05, 3.63) is 47.5 Å². The summed E-state index contributed by atoms with van der Waals surface area (Å²) >= 11 is 7.75.